The van der Waals surface area contributed by atoms with E-state index in [0.717, 1.165) is 25.0 Å². The number of hydrazone groups is 1. The molecule has 29 heavy (non-hydrogen) atoms. The molecule has 0 spiro atoms. The van der Waals surface area contributed by atoms with Crippen molar-refractivity contribution in [2.45, 2.75) is 37.5 Å². The van der Waals surface area contributed by atoms with Crippen LogP contribution in [0.3, 0.4) is 0 Å². The molecule has 0 aliphatic heterocycles. The van der Waals surface area contributed by atoms with Crippen molar-refractivity contribution in [1.82, 2.24) is 5.43 Å². The van der Waals surface area contributed by atoms with Crippen LogP contribution >= 0.6 is 0 Å². The molecule has 2 aromatic carbocycles. The van der Waals surface area contributed by atoms with Gasteiger partial charge >= 0.3 is 0 Å². The highest BCUT2D eigenvalue weighted by molar-refractivity contribution is 7.92. The van der Waals surface area contributed by atoms with Crippen LogP contribution in [0.4, 0.5) is 5.69 Å². The highest BCUT2D eigenvalue weighted by Gasteiger charge is 2.19. The summed E-state index contributed by atoms with van der Waals surface area (Å²) < 4.78 is 33.2. The molecule has 1 aliphatic carbocycles. The van der Waals surface area contributed by atoms with Gasteiger partial charge in [-0.05, 0) is 61.9 Å². The summed E-state index contributed by atoms with van der Waals surface area (Å²) >= 11 is 0. The molecule has 2 N–H and O–H groups in total. The molecular weight excluding hydrogens is 390 g/mol. The Kier molecular flexibility index (Phi) is 6.53. The van der Waals surface area contributed by atoms with Gasteiger partial charge in [-0.25, -0.2) is 13.8 Å². The fraction of sp³-hybridized carbons (Fsp3) is 0.333. The van der Waals surface area contributed by atoms with E-state index in [9.17, 15) is 13.2 Å². The monoisotopic (exact) mass is 415 g/mol. The first-order chi connectivity index (χ1) is 13.9. The smallest absolute Gasteiger partial charge is 0.271 e. The Hall–Kier alpha value is -2.87. The largest absolute Gasteiger partial charge is 0.495 e. The van der Waals surface area contributed by atoms with Gasteiger partial charge in [-0.15, -0.1) is 0 Å². The Labute approximate surface area is 171 Å². The molecule has 3 rings (SSSR count). The second kappa shape index (κ2) is 9.09. The number of ether oxygens (including phenoxy) is 1. The number of hydrogen-bond acceptors (Lipinski definition) is 5. The number of benzene rings is 2. The number of para-hydroxylation sites is 2. The van der Waals surface area contributed by atoms with Crippen LogP contribution in [0.2, 0.25) is 0 Å². The van der Waals surface area contributed by atoms with Gasteiger partial charge in [0.1, 0.15) is 5.75 Å². The number of rotatable bonds is 6. The molecule has 7 nitrogen and oxygen atoms in total. The minimum Gasteiger partial charge on any atom is -0.495 e. The fourth-order valence-electron chi connectivity index (χ4n) is 3.29. The molecule has 1 saturated carbocycles. The van der Waals surface area contributed by atoms with Crippen LogP contribution in [0, 0.1) is 5.92 Å². The van der Waals surface area contributed by atoms with Gasteiger partial charge in [-0.1, -0.05) is 25.1 Å². The first kappa shape index (κ1) is 20.9. The van der Waals surface area contributed by atoms with E-state index in [1.807, 2.05) is 0 Å². The molecule has 0 saturated heterocycles. The minimum atomic E-state index is -3.89. The number of anilines is 1. The maximum Gasteiger partial charge on any atom is 0.271 e. The summed E-state index contributed by atoms with van der Waals surface area (Å²) in [7, 11) is -2.43. The van der Waals surface area contributed by atoms with Gasteiger partial charge in [0.15, 0.2) is 0 Å². The molecule has 2 aromatic rings. The zero-order chi connectivity index (χ0) is 20.9. The zero-order valence-electron chi connectivity index (χ0n) is 16.5. The zero-order valence-corrected chi connectivity index (χ0v) is 17.3. The topological polar surface area (TPSA) is 96.9 Å². The summed E-state index contributed by atoms with van der Waals surface area (Å²) in [5, 5.41) is 4.23. The van der Waals surface area contributed by atoms with E-state index in [1.54, 1.807) is 30.3 Å². The van der Waals surface area contributed by atoms with Crippen LogP contribution in [-0.2, 0) is 10.0 Å². The van der Waals surface area contributed by atoms with E-state index in [2.05, 4.69) is 22.2 Å². The predicted octanol–water partition coefficient (Wildman–Crippen LogP) is 3.79. The third-order valence-electron chi connectivity index (χ3n) is 4.82. The minimum absolute atomic E-state index is 0.0185. The first-order valence-corrected chi connectivity index (χ1v) is 11.0. The average molecular weight is 416 g/mol. The summed E-state index contributed by atoms with van der Waals surface area (Å²) in [4.78, 5) is 12.4. The molecule has 154 valence electrons. The van der Waals surface area contributed by atoms with Crippen LogP contribution in [0.5, 0.6) is 5.75 Å². The van der Waals surface area contributed by atoms with Crippen molar-refractivity contribution in [2.24, 2.45) is 11.0 Å². The summed E-state index contributed by atoms with van der Waals surface area (Å²) in [5.74, 6) is 0.529. The highest BCUT2D eigenvalue weighted by atomic mass is 32.2. The van der Waals surface area contributed by atoms with Gasteiger partial charge in [0.2, 0.25) is 0 Å². The summed E-state index contributed by atoms with van der Waals surface area (Å²) in [6, 6.07) is 12.6. The number of nitrogens with zero attached hydrogens (tertiary/aromatic N) is 1. The summed E-state index contributed by atoms with van der Waals surface area (Å²) in [6.45, 7) is 2.17. The average Bonchev–Trinajstić information content (AvgIpc) is 2.72. The number of carbonyl (C=O) groups is 1. The normalized spacial score (nSPS) is 18.3. The second-order valence-electron chi connectivity index (χ2n) is 7.15. The molecule has 8 heteroatoms. The Morgan fingerprint density at radius 3 is 2.72 bits per heavy atom. The number of amides is 1. The molecule has 0 heterocycles. The fourth-order valence-corrected chi connectivity index (χ4v) is 4.41. The van der Waals surface area contributed by atoms with Crippen LogP contribution in [0.1, 0.15) is 43.0 Å². The van der Waals surface area contributed by atoms with Gasteiger partial charge < -0.3 is 4.74 Å². The summed E-state index contributed by atoms with van der Waals surface area (Å²) in [6.07, 6.45) is 3.99. The van der Waals surface area contributed by atoms with Crippen molar-refractivity contribution in [3.63, 3.8) is 0 Å². The Morgan fingerprint density at radius 2 is 1.97 bits per heavy atom. The van der Waals surface area contributed by atoms with Crippen molar-refractivity contribution in [3.05, 3.63) is 54.1 Å². The van der Waals surface area contributed by atoms with E-state index < -0.39 is 15.9 Å². The maximum atomic E-state index is 12.8. The van der Waals surface area contributed by atoms with Crippen molar-refractivity contribution < 1.29 is 17.9 Å². The molecule has 1 amide bonds. The third-order valence-corrected chi connectivity index (χ3v) is 6.18. The Bertz CT molecular complexity index is 1020. The lowest BCUT2D eigenvalue weighted by atomic mass is 9.89. The summed E-state index contributed by atoms with van der Waals surface area (Å²) in [5.41, 5.74) is 4.07. The van der Waals surface area contributed by atoms with Gasteiger partial charge in [0.05, 0.1) is 17.7 Å². The lowest BCUT2D eigenvalue weighted by Gasteiger charge is -2.19. The van der Waals surface area contributed by atoms with Crippen LogP contribution in [-0.4, -0.2) is 27.1 Å². The van der Waals surface area contributed by atoms with E-state index in [-0.39, 0.29) is 10.5 Å². The molecular formula is C21H25N3O4S. The standard InChI is InChI=1S/C21H25N3O4S/c1-15-7-5-9-17(13-15)22-23-21(25)16-8-6-10-18(14-16)29(26,27)24-19-11-3-4-12-20(19)28-2/h3-4,6,8,10-12,14-15,24H,5,7,9,13H2,1-2H3,(H,23,25)/b22-17-/t15-/m0/s1. The number of hydrogen-bond donors (Lipinski definition) is 2. The van der Waals surface area contributed by atoms with E-state index in [4.69, 9.17) is 4.74 Å². The Morgan fingerprint density at radius 1 is 1.17 bits per heavy atom. The lowest BCUT2D eigenvalue weighted by Crippen LogP contribution is -2.22. The predicted molar refractivity (Wildman–Crippen MR) is 113 cm³/mol. The van der Waals surface area contributed by atoms with Gasteiger partial charge in [-0.2, -0.15) is 5.10 Å². The van der Waals surface area contributed by atoms with Crippen LogP contribution < -0.4 is 14.9 Å². The van der Waals surface area contributed by atoms with E-state index >= 15 is 0 Å². The van der Waals surface area contributed by atoms with Crippen LogP contribution in [0.25, 0.3) is 0 Å². The van der Waals surface area contributed by atoms with Crippen molar-refractivity contribution in [1.29, 1.82) is 0 Å². The molecule has 0 bridgehead atoms. The van der Waals surface area contributed by atoms with Crippen molar-refractivity contribution >= 4 is 27.3 Å². The maximum absolute atomic E-state index is 12.8. The molecule has 1 aliphatic rings. The van der Waals surface area contributed by atoms with E-state index in [0.29, 0.717) is 17.4 Å². The quantitative estimate of drug-likeness (QED) is 0.702. The van der Waals surface area contributed by atoms with Gasteiger partial charge in [0, 0.05) is 11.3 Å². The highest BCUT2D eigenvalue weighted by Crippen LogP contribution is 2.26. The van der Waals surface area contributed by atoms with Crippen molar-refractivity contribution in [2.75, 3.05) is 11.8 Å². The number of carbonyl (C=O) groups excluding carboxylic acids is 1. The number of sulfonamides is 1. The number of nitrogens with one attached hydrogen (secondary N) is 2. The molecule has 0 radical (unpaired) electrons. The second-order valence-corrected chi connectivity index (χ2v) is 8.84. The molecule has 1 fully saturated rings. The lowest BCUT2D eigenvalue weighted by molar-refractivity contribution is 0.0954. The molecule has 0 aromatic heterocycles. The van der Waals surface area contributed by atoms with Crippen molar-refractivity contribution in [3.8, 4) is 5.75 Å². The Balaban J connectivity index is 1.76. The molecule has 1 atom stereocenters. The third kappa shape index (κ3) is 5.35. The number of methoxy groups -OCH3 is 1. The molecule has 0 unspecified atom stereocenters. The SMILES string of the molecule is COc1ccccc1NS(=O)(=O)c1cccc(C(=O)N/N=C2/CCC[C@H](C)C2)c1. The van der Waals surface area contributed by atoms with Gasteiger partial charge in [0.25, 0.3) is 15.9 Å². The van der Waals surface area contributed by atoms with E-state index in [1.165, 1.54) is 31.7 Å². The van der Waals surface area contributed by atoms with Gasteiger partial charge in [-0.3, -0.25) is 9.52 Å². The van der Waals surface area contributed by atoms with Crippen LogP contribution in [0.15, 0.2) is 58.5 Å². The first-order valence-electron chi connectivity index (χ1n) is 9.50.